The second-order valence-corrected chi connectivity index (χ2v) is 5.77. The van der Waals surface area contributed by atoms with Crippen molar-refractivity contribution in [2.45, 2.75) is 19.3 Å². The summed E-state index contributed by atoms with van der Waals surface area (Å²) in [5.41, 5.74) is -0.906. The highest BCUT2D eigenvalue weighted by Crippen LogP contribution is 2.32. The van der Waals surface area contributed by atoms with Crippen LogP contribution in [0.1, 0.15) is 11.1 Å². The predicted octanol–water partition coefficient (Wildman–Crippen LogP) is 2.17. The third-order valence-electron chi connectivity index (χ3n) is 3.93. The van der Waals surface area contributed by atoms with Crippen LogP contribution < -0.4 is 5.69 Å². The number of likely N-dealkylation sites (N-methyl/N-ethyl adjacent to an activating group) is 1. The molecule has 26 heavy (non-hydrogen) atoms. The Morgan fingerprint density at radius 2 is 1.85 bits per heavy atom. The van der Waals surface area contributed by atoms with Crippen LogP contribution in [-0.4, -0.2) is 32.0 Å². The van der Waals surface area contributed by atoms with Gasteiger partial charge in [-0.15, -0.1) is 5.10 Å². The number of carbonyl (C=O) groups is 1. The van der Waals surface area contributed by atoms with Crippen LogP contribution in [0, 0.1) is 0 Å². The van der Waals surface area contributed by atoms with Crippen LogP contribution in [0.15, 0.2) is 53.5 Å². The van der Waals surface area contributed by atoms with Crippen molar-refractivity contribution in [1.29, 1.82) is 0 Å². The standard InChI is InChI=1S/C17H15F3N4O2/c1-22(10-12-6-2-3-7-13(12)17(18,19)20)15(25)11-24-16(26)23-9-5-4-8-14(23)21-24/h2-9H,10-11H2,1H3. The quantitative estimate of drug-likeness (QED) is 0.713. The lowest BCUT2D eigenvalue weighted by atomic mass is 10.1. The summed E-state index contributed by atoms with van der Waals surface area (Å²) < 4.78 is 41.4. The minimum absolute atomic E-state index is 0.0156. The summed E-state index contributed by atoms with van der Waals surface area (Å²) in [5.74, 6) is -0.521. The molecule has 136 valence electrons. The fourth-order valence-corrected chi connectivity index (χ4v) is 2.60. The first-order valence-corrected chi connectivity index (χ1v) is 7.70. The summed E-state index contributed by atoms with van der Waals surface area (Å²) >= 11 is 0. The molecular weight excluding hydrogens is 349 g/mol. The van der Waals surface area contributed by atoms with E-state index in [1.165, 1.54) is 35.8 Å². The Hall–Kier alpha value is -3.10. The van der Waals surface area contributed by atoms with Crippen molar-refractivity contribution >= 4 is 11.6 Å². The van der Waals surface area contributed by atoms with E-state index in [-0.39, 0.29) is 18.7 Å². The summed E-state index contributed by atoms with van der Waals surface area (Å²) in [4.78, 5) is 25.7. The maximum absolute atomic E-state index is 13.1. The number of rotatable bonds is 4. The summed E-state index contributed by atoms with van der Waals surface area (Å²) in [7, 11) is 1.39. The maximum Gasteiger partial charge on any atom is 0.416 e. The summed E-state index contributed by atoms with van der Waals surface area (Å²) in [5, 5.41) is 4.04. The van der Waals surface area contributed by atoms with Crippen molar-refractivity contribution in [3.8, 4) is 0 Å². The third kappa shape index (κ3) is 3.46. The highest BCUT2D eigenvalue weighted by molar-refractivity contribution is 5.75. The van der Waals surface area contributed by atoms with Gasteiger partial charge in [0.15, 0.2) is 5.65 Å². The van der Waals surface area contributed by atoms with E-state index in [4.69, 9.17) is 0 Å². The fraction of sp³-hybridized carbons (Fsp3) is 0.235. The predicted molar refractivity (Wildman–Crippen MR) is 87.4 cm³/mol. The molecule has 1 amide bonds. The van der Waals surface area contributed by atoms with Gasteiger partial charge in [0, 0.05) is 19.8 Å². The molecule has 3 rings (SSSR count). The number of benzene rings is 1. The van der Waals surface area contributed by atoms with Gasteiger partial charge in [0.2, 0.25) is 5.91 Å². The lowest BCUT2D eigenvalue weighted by molar-refractivity contribution is -0.139. The Morgan fingerprint density at radius 1 is 1.15 bits per heavy atom. The molecule has 9 heteroatoms. The second-order valence-electron chi connectivity index (χ2n) is 5.77. The van der Waals surface area contributed by atoms with Crippen molar-refractivity contribution in [1.82, 2.24) is 19.1 Å². The van der Waals surface area contributed by atoms with Crippen LogP contribution >= 0.6 is 0 Å². The number of pyridine rings is 1. The van der Waals surface area contributed by atoms with Crippen LogP contribution in [0.2, 0.25) is 0 Å². The molecule has 0 unspecified atom stereocenters. The lowest BCUT2D eigenvalue weighted by Gasteiger charge is -2.20. The molecule has 3 aromatic rings. The molecule has 0 aliphatic heterocycles. The minimum atomic E-state index is -4.50. The number of aromatic nitrogens is 3. The number of amides is 1. The Balaban J connectivity index is 1.79. The van der Waals surface area contributed by atoms with Gasteiger partial charge in [-0.1, -0.05) is 24.3 Å². The molecule has 0 aliphatic carbocycles. The molecule has 0 saturated carbocycles. The van der Waals surface area contributed by atoms with Gasteiger partial charge in [0.05, 0.1) is 5.56 Å². The van der Waals surface area contributed by atoms with Gasteiger partial charge in [-0.05, 0) is 23.8 Å². The maximum atomic E-state index is 13.1. The van der Waals surface area contributed by atoms with E-state index in [0.29, 0.717) is 5.65 Å². The van der Waals surface area contributed by atoms with Gasteiger partial charge in [0.25, 0.3) is 0 Å². The number of fused-ring (bicyclic) bond motifs is 1. The Morgan fingerprint density at radius 3 is 2.54 bits per heavy atom. The molecule has 0 fully saturated rings. The molecule has 0 radical (unpaired) electrons. The first kappa shape index (κ1) is 17.7. The Labute approximate surface area is 146 Å². The zero-order valence-corrected chi connectivity index (χ0v) is 13.8. The first-order chi connectivity index (χ1) is 12.3. The number of hydrogen-bond donors (Lipinski definition) is 0. The largest absolute Gasteiger partial charge is 0.416 e. The van der Waals surface area contributed by atoms with E-state index >= 15 is 0 Å². The molecule has 0 aliphatic rings. The fourth-order valence-electron chi connectivity index (χ4n) is 2.60. The molecular formula is C17H15F3N4O2. The second kappa shape index (κ2) is 6.66. The molecule has 6 nitrogen and oxygen atoms in total. The average Bonchev–Trinajstić information content (AvgIpc) is 2.90. The molecule has 0 bridgehead atoms. The van der Waals surface area contributed by atoms with Crippen LogP contribution in [0.25, 0.3) is 5.65 Å². The van der Waals surface area contributed by atoms with Crippen molar-refractivity contribution in [3.05, 3.63) is 70.3 Å². The van der Waals surface area contributed by atoms with Crippen molar-refractivity contribution in [3.63, 3.8) is 0 Å². The van der Waals surface area contributed by atoms with Gasteiger partial charge in [0.1, 0.15) is 6.54 Å². The topological polar surface area (TPSA) is 59.6 Å². The van der Waals surface area contributed by atoms with Crippen LogP contribution in [0.4, 0.5) is 13.2 Å². The number of halogens is 3. The van der Waals surface area contributed by atoms with E-state index in [1.54, 1.807) is 18.2 Å². The van der Waals surface area contributed by atoms with Crippen LogP contribution in [0.3, 0.4) is 0 Å². The summed E-state index contributed by atoms with van der Waals surface area (Å²) in [6, 6.07) is 10.0. The molecule has 0 N–H and O–H groups in total. The van der Waals surface area contributed by atoms with E-state index in [9.17, 15) is 22.8 Å². The van der Waals surface area contributed by atoms with E-state index in [1.807, 2.05) is 0 Å². The van der Waals surface area contributed by atoms with Crippen molar-refractivity contribution in [2.75, 3.05) is 7.05 Å². The Bertz CT molecular complexity index is 1010. The van der Waals surface area contributed by atoms with E-state index < -0.39 is 23.3 Å². The highest BCUT2D eigenvalue weighted by atomic mass is 19.4. The van der Waals surface area contributed by atoms with Gasteiger partial charge in [-0.25, -0.2) is 9.48 Å². The van der Waals surface area contributed by atoms with Gasteiger partial charge in [-0.2, -0.15) is 13.2 Å². The molecule has 0 atom stereocenters. The number of hydrogen-bond acceptors (Lipinski definition) is 3. The van der Waals surface area contributed by atoms with E-state index in [2.05, 4.69) is 5.10 Å². The third-order valence-corrected chi connectivity index (χ3v) is 3.93. The van der Waals surface area contributed by atoms with Gasteiger partial charge in [-0.3, -0.25) is 9.20 Å². The highest BCUT2D eigenvalue weighted by Gasteiger charge is 2.33. The monoisotopic (exact) mass is 364 g/mol. The van der Waals surface area contributed by atoms with Gasteiger partial charge < -0.3 is 4.90 Å². The van der Waals surface area contributed by atoms with Crippen molar-refractivity contribution < 1.29 is 18.0 Å². The zero-order chi connectivity index (χ0) is 18.9. The van der Waals surface area contributed by atoms with E-state index in [0.717, 1.165) is 15.6 Å². The summed E-state index contributed by atoms with van der Waals surface area (Å²) in [6.45, 7) is -0.582. The molecule has 2 aromatic heterocycles. The Kier molecular flexibility index (Phi) is 4.54. The molecule has 0 saturated heterocycles. The SMILES string of the molecule is CN(Cc1ccccc1C(F)(F)F)C(=O)Cn1nc2ccccn2c1=O. The average molecular weight is 364 g/mol. The number of carbonyl (C=O) groups excluding carboxylic acids is 1. The molecule has 0 spiro atoms. The smallest absolute Gasteiger partial charge is 0.340 e. The number of nitrogens with zero attached hydrogens (tertiary/aromatic N) is 4. The lowest BCUT2D eigenvalue weighted by Crippen LogP contribution is -2.34. The van der Waals surface area contributed by atoms with Gasteiger partial charge >= 0.3 is 11.9 Å². The van der Waals surface area contributed by atoms with Crippen LogP contribution in [-0.2, 0) is 24.1 Å². The normalized spacial score (nSPS) is 11.7. The zero-order valence-electron chi connectivity index (χ0n) is 13.8. The minimum Gasteiger partial charge on any atom is -0.340 e. The molecule has 1 aromatic carbocycles. The summed E-state index contributed by atoms with van der Waals surface area (Å²) in [6.07, 6.45) is -2.98. The van der Waals surface area contributed by atoms with Crippen molar-refractivity contribution in [2.24, 2.45) is 0 Å². The number of alkyl halides is 3. The van der Waals surface area contributed by atoms with Crippen LogP contribution in [0.5, 0.6) is 0 Å². The first-order valence-electron chi connectivity index (χ1n) is 7.70. The molecule has 2 heterocycles.